The van der Waals surface area contributed by atoms with Crippen LogP contribution in [0.3, 0.4) is 0 Å². The highest BCUT2D eigenvalue weighted by Gasteiger charge is 2.18. The van der Waals surface area contributed by atoms with Crippen molar-refractivity contribution in [2.45, 2.75) is 26.8 Å². The molecule has 0 radical (unpaired) electrons. The summed E-state index contributed by atoms with van der Waals surface area (Å²) in [7, 11) is 1.90. The molecular formula is C18H18FN3OS. The van der Waals surface area contributed by atoms with Crippen molar-refractivity contribution in [3.63, 3.8) is 0 Å². The fraction of sp³-hybridized carbons (Fsp3) is 0.333. The highest BCUT2D eigenvalue weighted by Crippen LogP contribution is 2.33. The van der Waals surface area contributed by atoms with Crippen LogP contribution in [0.2, 0.25) is 0 Å². The van der Waals surface area contributed by atoms with Crippen LogP contribution in [0.25, 0.3) is 21.1 Å². The maximum Gasteiger partial charge on any atom is 0.291 e. The molecule has 124 valence electrons. The smallest absolute Gasteiger partial charge is 0.291 e. The summed E-state index contributed by atoms with van der Waals surface area (Å²) >= 11 is 1.67. The Morgan fingerprint density at radius 3 is 3.04 bits per heavy atom. The van der Waals surface area contributed by atoms with Gasteiger partial charge < -0.3 is 4.57 Å². The van der Waals surface area contributed by atoms with E-state index in [2.05, 4.69) is 18.1 Å². The Hall–Kier alpha value is -2.21. The summed E-state index contributed by atoms with van der Waals surface area (Å²) in [5.74, 6) is 0.0349. The van der Waals surface area contributed by atoms with E-state index in [0.29, 0.717) is 17.5 Å². The summed E-state index contributed by atoms with van der Waals surface area (Å²) < 4.78 is 18.4. The average molecular weight is 343 g/mol. The van der Waals surface area contributed by atoms with Gasteiger partial charge in [-0.05, 0) is 37.0 Å². The first-order valence-electron chi connectivity index (χ1n) is 7.96. The minimum atomic E-state index is -0.245. The summed E-state index contributed by atoms with van der Waals surface area (Å²) in [4.78, 5) is 14.1. The Balaban J connectivity index is 1.86. The molecule has 0 N–H and O–H groups in total. The van der Waals surface area contributed by atoms with Gasteiger partial charge in [-0.2, -0.15) is 5.10 Å². The number of fused-ring (bicyclic) bond motifs is 3. The van der Waals surface area contributed by atoms with Crippen molar-refractivity contribution in [3.05, 3.63) is 51.0 Å². The van der Waals surface area contributed by atoms with Gasteiger partial charge >= 0.3 is 0 Å². The van der Waals surface area contributed by atoms with E-state index in [1.807, 2.05) is 24.6 Å². The second-order valence-corrected chi connectivity index (χ2v) is 7.75. The molecule has 4 rings (SSSR count). The van der Waals surface area contributed by atoms with Crippen molar-refractivity contribution >= 4 is 32.5 Å². The van der Waals surface area contributed by atoms with Crippen LogP contribution in [0.1, 0.15) is 18.2 Å². The molecule has 0 saturated carbocycles. The monoisotopic (exact) mass is 343 g/mol. The van der Waals surface area contributed by atoms with Crippen LogP contribution in [0.15, 0.2) is 40.6 Å². The molecule has 3 aromatic rings. The van der Waals surface area contributed by atoms with Crippen LogP contribution in [-0.4, -0.2) is 14.3 Å². The second-order valence-electron chi connectivity index (χ2n) is 6.49. The molecular weight excluding hydrogens is 325 g/mol. The zero-order valence-electron chi connectivity index (χ0n) is 13.8. The van der Waals surface area contributed by atoms with Gasteiger partial charge in [0.05, 0.1) is 23.0 Å². The summed E-state index contributed by atoms with van der Waals surface area (Å²) in [6.07, 6.45) is 5.70. The summed E-state index contributed by atoms with van der Waals surface area (Å²) in [6, 6.07) is 2.08. The van der Waals surface area contributed by atoms with Gasteiger partial charge in [0.2, 0.25) is 0 Å². The molecule has 24 heavy (non-hydrogen) atoms. The van der Waals surface area contributed by atoms with E-state index < -0.39 is 0 Å². The lowest BCUT2D eigenvalue weighted by atomic mass is 9.95. The van der Waals surface area contributed by atoms with E-state index in [9.17, 15) is 9.18 Å². The quantitative estimate of drug-likeness (QED) is 0.703. The second kappa shape index (κ2) is 5.41. The third-order valence-corrected chi connectivity index (χ3v) is 5.69. The summed E-state index contributed by atoms with van der Waals surface area (Å²) in [6.45, 7) is 4.29. The van der Waals surface area contributed by atoms with Crippen molar-refractivity contribution < 1.29 is 4.39 Å². The SMILES string of the molecule is Cc1cc2c(s1)c1cnn(CC3=C(F)C=CC(C)C3)c(=O)c1n2C. The first kappa shape index (κ1) is 15.3. The molecule has 1 unspecified atom stereocenters. The van der Waals surface area contributed by atoms with Gasteiger partial charge in [-0.3, -0.25) is 4.79 Å². The van der Waals surface area contributed by atoms with Gasteiger partial charge in [0, 0.05) is 17.3 Å². The van der Waals surface area contributed by atoms with Gasteiger partial charge in [-0.25, -0.2) is 9.07 Å². The van der Waals surface area contributed by atoms with E-state index in [4.69, 9.17) is 0 Å². The third kappa shape index (κ3) is 2.24. The number of hydrogen-bond acceptors (Lipinski definition) is 3. The molecule has 0 aliphatic heterocycles. The van der Waals surface area contributed by atoms with Crippen LogP contribution in [0.5, 0.6) is 0 Å². The van der Waals surface area contributed by atoms with Crippen LogP contribution in [0, 0.1) is 12.8 Å². The number of rotatable bonds is 2. The van der Waals surface area contributed by atoms with Crippen molar-refractivity contribution in [1.29, 1.82) is 0 Å². The Bertz CT molecular complexity index is 1080. The normalized spacial score (nSPS) is 18.2. The Labute approximate surface area is 142 Å². The first-order valence-corrected chi connectivity index (χ1v) is 8.77. The van der Waals surface area contributed by atoms with Gasteiger partial charge in [0.25, 0.3) is 5.56 Å². The molecule has 3 aromatic heterocycles. The number of aryl methyl sites for hydroxylation is 2. The van der Waals surface area contributed by atoms with Gasteiger partial charge in [0.15, 0.2) is 0 Å². The molecule has 3 heterocycles. The highest BCUT2D eigenvalue weighted by atomic mass is 32.1. The molecule has 1 aliphatic rings. The molecule has 0 aromatic carbocycles. The summed E-state index contributed by atoms with van der Waals surface area (Å²) in [5.41, 5.74) is 2.14. The van der Waals surface area contributed by atoms with E-state index in [1.54, 1.807) is 17.5 Å². The molecule has 0 amide bonds. The molecule has 0 saturated heterocycles. The van der Waals surface area contributed by atoms with Crippen molar-refractivity contribution in [3.8, 4) is 0 Å². The van der Waals surface area contributed by atoms with Gasteiger partial charge in [-0.1, -0.05) is 13.0 Å². The molecule has 1 aliphatic carbocycles. The van der Waals surface area contributed by atoms with Crippen molar-refractivity contribution in [2.24, 2.45) is 13.0 Å². The predicted octanol–water partition coefficient (Wildman–Crippen LogP) is 4.08. The average Bonchev–Trinajstić information content (AvgIpc) is 3.04. The number of aromatic nitrogens is 3. The van der Waals surface area contributed by atoms with E-state index >= 15 is 0 Å². The fourth-order valence-corrected chi connectivity index (χ4v) is 4.44. The topological polar surface area (TPSA) is 39.8 Å². The fourth-order valence-electron chi connectivity index (χ4n) is 3.39. The minimum Gasteiger partial charge on any atom is -0.338 e. The Morgan fingerprint density at radius 2 is 2.25 bits per heavy atom. The lowest BCUT2D eigenvalue weighted by Gasteiger charge is -2.16. The number of allylic oxidation sites excluding steroid dienone is 4. The third-order valence-electron chi connectivity index (χ3n) is 4.61. The number of hydrogen-bond donors (Lipinski definition) is 0. The largest absolute Gasteiger partial charge is 0.338 e. The number of thiophene rings is 1. The number of nitrogens with zero attached hydrogens (tertiary/aromatic N) is 3. The van der Waals surface area contributed by atoms with Crippen molar-refractivity contribution in [2.75, 3.05) is 0 Å². The zero-order chi connectivity index (χ0) is 17.0. The lowest BCUT2D eigenvalue weighted by Crippen LogP contribution is -2.25. The van der Waals surface area contributed by atoms with Crippen LogP contribution in [-0.2, 0) is 13.6 Å². The van der Waals surface area contributed by atoms with Crippen molar-refractivity contribution in [1.82, 2.24) is 14.3 Å². The van der Waals surface area contributed by atoms with E-state index in [1.165, 1.54) is 15.6 Å². The van der Waals surface area contributed by atoms with Crippen LogP contribution >= 0.6 is 11.3 Å². The molecule has 0 bridgehead atoms. The van der Waals surface area contributed by atoms with E-state index in [0.717, 1.165) is 15.6 Å². The molecule has 4 nitrogen and oxygen atoms in total. The highest BCUT2D eigenvalue weighted by molar-refractivity contribution is 7.20. The summed E-state index contributed by atoms with van der Waals surface area (Å²) in [5, 5.41) is 5.18. The maximum atomic E-state index is 14.0. The predicted molar refractivity (Wildman–Crippen MR) is 96.1 cm³/mol. The van der Waals surface area contributed by atoms with Crippen LogP contribution < -0.4 is 5.56 Å². The zero-order valence-corrected chi connectivity index (χ0v) is 14.7. The first-order chi connectivity index (χ1) is 11.5. The Kier molecular flexibility index (Phi) is 3.46. The standard InChI is InChI=1S/C18H18FN3OS/c1-10-4-5-14(19)12(6-10)9-22-18(23)16-13(8-20-22)17-15(21(16)3)7-11(2)24-17/h4-5,7-8,10H,6,9H2,1-3H3. The molecule has 0 fully saturated rings. The number of halogens is 1. The molecule has 1 atom stereocenters. The Morgan fingerprint density at radius 1 is 1.46 bits per heavy atom. The molecule has 0 spiro atoms. The maximum absolute atomic E-state index is 14.0. The minimum absolute atomic E-state index is 0.168. The van der Waals surface area contributed by atoms with Gasteiger partial charge in [0.1, 0.15) is 11.3 Å². The van der Waals surface area contributed by atoms with E-state index in [-0.39, 0.29) is 23.8 Å². The van der Waals surface area contributed by atoms with Crippen LogP contribution in [0.4, 0.5) is 4.39 Å². The lowest BCUT2D eigenvalue weighted by molar-refractivity contribution is 0.539. The molecule has 6 heteroatoms. The van der Waals surface area contributed by atoms with Gasteiger partial charge in [-0.15, -0.1) is 11.3 Å².